The second-order valence-corrected chi connectivity index (χ2v) is 18.8. The predicted molar refractivity (Wildman–Crippen MR) is 152 cm³/mol. The van der Waals surface area contributed by atoms with Gasteiger partial charge in [-0.3, -0.25) is 0 Å². The first-order chi connectivity index (χ1) is 15.6. The summed E-state index contributed by atoms with van der Waals surface area (Å²) in [6.07, 6.45) is 3.57. The van der Waals surface area contributed by atoms with Crippen LogP contribution >= 0.6 is 7.26 Å². The maximum absolute atomic E-state index is 6.73. The van der Waals surface area contributed by atoms with Gasteiger partial charge in [0.15, 0.2) is 8.32 Å². The second-order valence-electron chi connectivity index (χ2n) is 10.5. The van der Waals surface area contributed by atoms with E-state index < -0.39 is 15.6 Å². The lowest BCUT2D eigenvalue weighted by Gasteiger charge is -2.38. The third-order valence-electron chi connectivity index (χ3n) is 7.20. The van der Waals surface area contributed by atoms with Crippen molar-refractivity contribution in [3.8, 4) is 0 Å². The van der Waals surface area contributed by atoms with Crippen molar-refractivity contribution < 1.29 is 16.8 Å². The van der Waals surface area contributed by atoms with Gasteiger partial charge < -0.3 is 16.8 Å². The number of rotatable bonds is 8. The van der Waals surface area contributed by atoms with Gasteiger partial charge in [-0.1, -0.05) is 75.4 Å². The summed E-state index contributed by atoms with van der Waals surface area (Å²) in [6, 6.07) is 33.3. The first kappa shape index (κ1) is 28.5. The summed E-state index contributed by atoms with van der Waals surface area (Å²) in [5.41, 5.74) is 1.33. The van der Waals surface area contributed by atoms with E-state index in [-0.39, 0.29) is 23.5 Å². The summed E-state index contributed by atoms with van der Waals surface area (Å²) in [6.45, 7) is 16.1. The fourth-order valence-corrected chi connectivity index (χ4v) is 9.52. The van der Waals surface area contributed by atoms with Gasteiger partial charge in [0.05, 0.1) is 12.3 Å². The maximum atomic E-state index is 6.73. The standard InChI is InChI=1S/C30H40OPSi.ClH/c1-25(26(2)31-33(6,7)30(3,4)5)23-24-32(27-17-11-8-12-18-27,28-19-13-9-14-20-28)29-21-15-10-16-22-29;/h8-23,26H,24H2,1-7H3;1H/q+1;/p-1/b25-23+;. The summed E-state index contributed by atoms with van der Waals surface area (Å²) in [7, 11) is -3.68. The lowest BCUT2D eigenvalue weighted by atomic mass is 10.2. The van der Waals surface area contributed by atoms with Crippen LogP contribution in [0, 0.1) is 0 Å². The van der Waals surface area contributed by atoms with Crippen molar-refractivity contribution >= 4 is 31.5 Å². The Hall–Kier alpha value is -1.70. The molecule has 182 valence electrons. The smallest absolute Gasteiger partial charge is 0.192 e. The minimum absolute atomic E-state index is 0. The van der Waals surface area contributed by atoms with E-state index in [1.807, 2.05) is 0 Å². The average molecular weight is 511 g/mol. The summed E-state index contributed by atoms with van der Waals surface area (Å²) in [4.78, 5) is 0. The highest BCUT2D eigenvalue weighted by molar-refractivity contribution is 7.95. The van der Waals surface area contributed by atoms with Gasteiger partial charge in [0.2, 0.25) is 0 Å². The Morgan fingerprint density at radius 1 is 0.794 bits per heavy atom. The van der Waals surface area contributed by atoms with Crippen LogP contribution in [0.3, 0.4) is 0 Å². The Kier molecular flexibility index (Phi) is 9.92. The van der Waals surface area contributed by atoms with Crippen LogP contribution in [0.15, 0.2) is 103 Å². The molecular weight excluding hydrogens is 471 g/mol. The van der Waals surface area contributed by atoms with Crippen molar-refractivity contribution in [1.82, 2.24) is 0 Å². The van der Waals surface area contributed by atoms with Gasteiger partial charge in [-0.2, -0.15) is 0 Å². The molecule has 0 bridgehead atoms. The highest BCUT2D eigenvalue weighted by Gasteiger charge is 2.44. The van der Waals surface area contributed by atoms with E-state index >= 15 is 0 Å². The van der Waals surface area contributed by atoms with Gasteiger partial charge in [0, 0.05) is 0 Å². The lowest BCUT2D eigenvalue weighted by Crippen LogP contribution is -3.00. The molecule has 0 saturated heterocycles. The molecule has 3 aromatic rings. The zero-order valence-corrected chi connectivity index (χ0v) is 24.4. The van der Waals surface area contributed by atoms with Crippen LogP contribution in [0.1, 0.15) is 34.6 Å². The van der Waals surface area contributed by atoms with Crippen molar-refractivity contribution in [1.29, 1.82) is 0 Å². The van der Waals surface area contributed by atoms with Gasteiger partial charge in [0.1, 0.15) is 23.2 Å². The van der Waals surface area contributed by atoms with E-state index in [4.69, 9.17) is 4.43 Å². The monoisotopic (exact) mass is 510 g/mol. The molecule has 0 radical (unpaired) electrons. The lowest BCUT2D eigenvalue weighted by molar-refractivity contribution is -0.00000828. The normalized spacial score (nSPS) is 13.8. The molecule has 0 amide bonds. The molecule has 34 heavy (non-hydrogen) atoms. The first-order valence-electron chi connectivity index (χ1n) is 12.0. The quantitative estimate of drug-likeness (QED) is 0.249. The Morgan fingerprint density at radius 2 is 1.15 bits per heavy atom. The molecule has 3 rings (SSSR count). The number of allylic oxidation sites excluding steroid dienone is 1. The van der Waals surface area contributed by atoms with Crippen molar-refractivity contribution in [2.45, 2.75) is 58.9 Å². The van der Waals surface area contributed by atoms with Gasteiger partial charge in [-0.05, 0) is 80.0 Å². The molecule has 0 aliphatic carbocycles. The van der Waals surface area contributed by atoms with E-state index in [1.165, 1.54) is 21.5 Å². The Labute approximate surface area is 215 Å². The molecule has 0 heterocycles. The molecule has 0 spiro atoms. The molecule has 0 fully saturated rings. The van der Waals surface area contributed by atoms with Crippen LogP contribution in [-0.4, -0.2) is 20.6 Å². The molecule has 4 heteroatoms. The number of hydrogen-bond donors (Lipinski definition) is 0. The maximum Gasteiger partial charge on any atom is 0.192 e. The molecule has 0 saturated carbocycles. The van der Waals surface area contributed by atoms with Crippen molar-refractivity contribution in [2.75, 3.05) is 6.16 Å². The minimum Gasteiger partial charge on any atom is -1.00 e. The van der Waals surface area contributed by atoms with Crippen molar-refractivity contribution in [2.24, 2.45) is 0 Å². The largest absolute Gasteiger partial charge is 1.00 e. The zero-order valence-electron chi connectivity index (χ0n) is 21.8. The van der Waals surface area contributed by atoms with Crippen LogP contribution in [0.4, 0.5) is 0 Å². The van der Waals surface area contributed by atoms with E-state index in [9.17, 15) is 0 Å². The van der Waals surface area contributed by atoms with Crippen molar-refractivity contribution in [3.63, 3.8) is 0 Å². The van der Waals surface area contributed by atoms with Crippen LogP contribution in [0.2, 0.25) is 18.1 Å². The molecule has 0 aliphatic rings. The van der Waals surface area contributed by atoms with Crippen LogP contribution in [-0.2, 0) is 4.43 Å². The molecule has 3 aromatic carbocycles. The fourth-order valence-electron chi connectivity index (χ4n) is 3.97. The summed E-state index contributed by atoms with van der Waals surface area (Å²) >= 11 is 0. The van der Waals surface area contributed by atoms with E-state index in [1.54, 1.807) is 0 Å². The minimum atomic E-state index is -1.85. The number of halogens is 1. The molecule has 0 aliphatic heterocycles. The third kappa shape index (κ3) is 6.29. The molecular formula is C30H40ClOPSi. The third-order valence-corrected chi connectivity index (χ3v) is 16.0. The highest BCUT2D eigenvalue weighted by Crippen LogP contribution is 2.55. The van der Waals surface area contributed by atoms with Gasteiger partial charge in [0.25, 0.3) is 0 Å². The Bertz CT molecular complexity index is 947. The Morgan fingerprint density at radius 3 is 1.47 bits per heavy atom. The van der Waals surface area contributed by atoms with Gasteiger partial charge >= 0.3 is 0 Å². The average Bonchev–Trinajstić information content (AvgIpc) is 2.80. The number of hydrogen-bond acceptors (Lipinski definition) is 1. The molecule has 1 nitrogen and oxygen atoms in total. The fraction of sp³-hybridized carbons (Fsp3) is 0.333. The highest BCUT2D eigenvalue weighted by atomic mass is 35.5. The van der Waals surface area contributed by atoms with Crippen LogP contribution in [0.25, 0.3) is 0 Å². The van der Waals surface area contributed by atoms with Gasteiger partial charge in [-0.15, -0.1) is 0 Å². The SMILES string of the molecule is C/C(=C\C[P+](c1ccccc1)(c1ccccc1)c1ccccc1)C(C)O[Si](C)(C)C(C)(C)C.[Cl-]. The van der Waals surface area contributed by atoms with Gasteiger partial charge in [-0.25, -0.2) is 0 Å². The molecule has 1 unspecified atom stereocenters. The topological polar surface area (TPSA) is 9.23 Å². The zero-order chi connectivity index (χ0) is 24.1. The van der Waals surface area contributed by atoms with E-state index in [0.717, 1.165) is 6.16 Å². The first-order valence-corrected chi connectivity index (χ1v) is 16.9. The van der Waals surface area contributed by atoms with Crippen molar-refractivity contribution in [3.05, 3.63) is 103 Å². The number of benzene rings is 3. The Balaban J connectivity index is 0.00000408. The molecule has 0 N–H and O–H groups in total. The van der Waals surface area contributed by atoms with E-state index in [0.29, 0.717) is 0 Å². The second kappa shape index (κ2) is 11.8. The summed E-state index contributed by atoms with van der Waals surface area (Å²) in [5.74, 6) is 0. The summed E-state index contributed by atoms with van der Waals surface area (Å²) in [5, 5.41) is 4.47. The van der Waals surface area contributed by atoms with Crippen LogP contribution < -0.4 is 28.3 Å². The van der Waals surface area contributed by atoms with E-state index in [2.05, 4.69) is 145 Å². The molecule has 1 atom stereocenters. The van der Waals surface area contributed by atoms with Crippen LogP contribution in [0.5, 0.6) is 0 Å². The predicted octanol–water partition coefficient (Wildman–Crippen LogP) is 4.34. The molecule has 0 aromatic heterocycles. The summed E-state index contributed by atoms with van der Waals surface area (Å²) < 4.78 is 6.73.